The van der Waals surface area contributed by atoms with Crippen LogP contribution in [0.4, 0.5) is 4.79 Å². The third-order valence-corrected chi connectivity index (χ3v) is 2.50. The predicted octanol–water partition coefficient (Wildman–Crippen LogP) is 1.89. The molecule has 0 aliphatic carbocycles. The fourth-order valence-corrected chi connectivity index (χ4v) is 1.55. The van der Waals surface area contributed by atoms with E-state index in [0.29, 0.717) is 18.6 Å². The SMILES string of the molecule is CCC[C@@H](NC(=O)NC(C)c1ccco1)C(=O)O. The van der Waals surface area contributed by atoms with Gasteiger partial charge in [-0.15, -0.1) is 0 Å². The van der Waals surface area contributed by atoms with Crippen molar-refractivity contribution in [1.29, 1.82) is 0 Å². The molecule has 1 unspecified atom stereocenters. The molecule has 2 amide bonds. The van der Waals surface area contributed by atoms with Crippen LogP contribution in [0, 0.1) is 0 Å². The van der Waals surface area contributed by atoms with Gasteiger partial charge < -0.3 is 20.2 Å². The summed E-state index contributed by atoms with van der Waals surface area (Å²) in [5.41, 5.74) is 0. The minimum absolute atomic E-state index is 0.309. The molecule has 1 heterocycles. The van der Waals surface area contributed by atoms with E-state index in [1.54, 1.807) is 19.1 Å². The van der Waals surface area contributed by atoms with Crippen LogP contribution in [0.3, 0.4) is 0 Å². The summed E-state index contributed by atoms with van der Waals surface area (Å²) in [4.78, 5) is 22.5. The second-order valence-electron chi connectivity index (χ2n) is 4.03. The fraction of sp³-hybridized carbons (Fsp3) is 0.500. The molecule has 0 saturated carbocycles. The normalized spacial score (nSPS) is 13.7. The van der Waals surface area contributed by atoms with Gasteiger partial charge in [-0.3, -0.25) is 0 Å². The number of carbonyl (C=O) groups is 2. The van der Waals surface area contributed by atoms with Crippen LogP contribution in [0.2, 0.25) is 0 Å². The zero-order valence-electron chi connectivity index (χ0n) is 10.5. The lowest BCUT2D eigenvalue weighted by Crippen LogP contribution is -2.46. The number of nitrogens with one attached hydrogen (secondary N) is 2. The summed E-state index contributed by atoms with van der Waals surface area (Å²) in [7, 11) is 0. The number of rotatable bonds is 6. The van der Waals surface area contributed by atoms with Gasteiger partial charge >= 0.3 is 12.0 Å². The number of carbonyl (C=O) groups excluding carboxylic acids is 1. The molecular formula is C12H18N2O4. The highest BCUT2D eigenvalue weighted by molar-refractivity contribution is 5.82. The monoisotopic (exact) mass is 254 g/mol. The number of urea groups is 1. The summed E-state index contributed by atoms with van der Waals surface area (Å²) >= 11 is 0. The largest absolute Gasteiger partial charge is 0.480 e. The molecule has 1 rings (SSSR count). The quantitative estimate of drug-likeness (QED) is 0.723. The molecule has 0 saturated heterocycles. The predicted molar refractivity (Wildman–Crippen MR) is 65.1 cm³/mol. The standard InChI is InChI=1S/C12H18N2O4/c1-3-5-9(11(15)16)14-12(17)13-8(2)10-6-4-7-18-10/h4,6-9H,3,5H2,1-2H3,(H,15,16)(H2,13,14,17)/t8?,9-/m1/s1. The van der Waals surface area contributed by atoms with Crippen molar-refractivity contribution in [2.24, 2.45) is 0 Å². The number of hydrogen-bond donors (Lipinski definition) is 3. The molecule has 0 radical (unpaired) electrons. The molecule has 0 bridgehead atoms. The number of hydrogen-bond acceptors (Lipinski definition) is 3. The van der Waals surface area contributed by atoms with Crippen LogP contribution >= 0.6 is 0 Å². The molecular weight excluding hydrogens is 236 g/mol. The summed E-state index contributed by atoms with van der Waals surface area (Å²) < 4.78 is 5.14. The Balaban J connectivity index is 2.47. The minimum atomic E-state index is -1.03. The maximum atomic E-state index is 11.6. The highest BCUT2D eigenvalue weighted by Gasteiger charge is 2.20. The molecule has 0 aromatic carbocycles. The van der Waals surface area contributed by atoms with Crippen molar-refractivity contribution < 1.29 is 19.1 Å². The second kappa shape index (κ2) is 6.68. The Labute approximate surface area is 105 Å². The number of carboxylic acids is 1. The van der Waals surface area contributed by atoms with Gasteiger partial charge in [-0.05, 0) is 25.5 Å². The van der Waals surface area contributed by atoms with Gasteiger partial charge in [-0.25, -0.2) is 9.59 Å². The molecule has 1 aromatic heterocycles. The molecule has 6 heteroatoms. The molecule has 0 fully saturated rings. The molecule has 6 nitrogen and oxygen atoms in total. The van der Waals surface area contributed by atoms with Crippen molar-refractivity contribution in [3.8, 4) is 0 Å². The van der Waals surface area contributed by atoms with Crippen LogP contribution in [-0.4, -0.2) is 23.1 Å². The van der Waals surface area contributed by atoms with E-state index >= 15 is 0 Å². The number of amides is 2. The molecule has 0 aliphatic heterocycles. The van der Waals surface area contributed by atoms with E-state index in [-0.39, 0.29) is 6.04 Å². The van der Waals surface area contributed by atoms with Gasteiger partial charge in [0.15, 0.2) is 0 Å². The molecule has 100 valence electrons. The van der Waals surface area contributed by atoms with Crippen LogP contribution in [-0.2, 0) is 4.79 Å². The van der Waals surface area contributed by atoms with E-state index in [9.17, 15) is 9.59 Å². The lowest BCUT2D eigenvalue weighted by atomic mass is 10.2. The molecule has 0 spiro atoms. The average molecular weight is 254 g/mol. The van der Waals surface area contributed by atoms with Crippen molar-refractivity contribution in [1.82, 2.24) is 10.6 Å². The Morgan fingerprint density at radius 1 is 1.44 bits per heavy atom. The molecule has 3 N–H and O–H groups in total. The van der Waals surface area contributed by atoms with Crippen LogP contribution < -0.4 is 10.6 Å². The van der Waals surface area contributed by atoms with Gasteiger partial charge in [0.2, 0.25) is 0 Å². The zero-order chi connectivity index (χ0) is 13.5. The van der Waals surface area contributed by atoms with E-state index in [1.807, 2.05) is 6.92 Å². The Morgan fingerprint density at radius 3 is 2.67 bits per heavy atom. The lowest BCUT2D eigenvalue weighted by Gasteiger charge is -2.16. The van der Waals surface area contributed by atoms with Crippen molar-refractivity contribution in [3.63, 3.8) is 0 Å². The summed E-state index contributed by atoms with van der Waals surface area (Å²) in [6, 6.07) is 1.78. The Kier molecular flexibility index (Phi) is 5.23. The van der Waals surface area contributed by atoms with E-state index in [4.69, 9.17) is 9.52 Å². The molecule has 18 heavy (non-hydrogen) atoms. The van der Waals surface area contributed by atoms with Crippen molar-refractivity contribution in [2.75, 3.05) is 0 Å². The van der Waals surface area contributed by atoms with Gasteiger partial charge in [-0.1, -0.05) is 13.3 Å². The van der Waals surface area contributed by atoms with Gasteiger partial charge in [0, 0.05) is 0 Å². The van der Waals surface area contributed by atoms with E-state index in [1.165, 1.54) is 6.26 Å². The summed E-state index contributed by atoms with van der Waals surface area (Å²) in [5, 5.41) is 13.9. The maximum Gasteiger partial charge on any atom is 0.326 e. The van der Waals surface area contributed by atoms with E-state index < -0.39 is 18.0 Å². The first-order valence-electron chi connectivity index (χ1n) is 5.87. The van der Waals surface area contributed by atoms with Gasteiger partial charge in [0.05, 0.1) is 12.3 Å². The number of carboxylic acid groups (broad SMARTS) is 1. The van der Waals surface area contributed by atoms with Crippen LogP contribution in [0.1, 0.15) is 38.5 Å². The first kappa shape index (κ1) is 14.1. The second-order valence-corrected chi connectivity index (χ2v) is 4.03. The lowest BCUT2D eigenvalue weighted by molar-refractivity contribution is -0.139. The van der Waals surface area contributed by atoms with Crippen LogP contribution in [0.25, 0.3) is 0 Å². The zero-order valence-corrected chi connectivity index (χ0v) is 10.5. The Morgan fingerprint density at radius 2 is 2.17 bits per heavy atom. The first-order chi connectivity index (χ1) is 8.54. The smallest absolute Gasteiger partial charge is 0.326 e. The minimum Gasteiger partial charge on any atom is -0.480 e. The third-order valence-electron chi connectivity index (χ3n) is 2.50. The van der Waals surface area contributed by atoms with Gasteiger partial charge in [0.1, 0.15) is 11.8 Å². The Bertz CT molecular complexity index is 389. The van der Waals surface area contributed by atoms with Gasteiger partial charge in [-0.2, -0.15) is 0 Å². The maximum absolute atomic E-state index is 11.6. The summed E-state index contributed by atoms with van der Waals surface area (Å²) in [6.45, 7) is 3.62. The third kappa shape index (κ3) is 4.12. The van der Waals surface area contributed by atoms with Crippen molar-refractivity contribution in [3.05, 3.63) is 24.2 Å². The van der Waals surface area contributed by atoms with Crippen molar-refractivity contribution >= 4 is 12.0 Å². The fourth-order valence-electron chi connectivity index (χ4n) is 1.55. The number of aliphatic carboxylic acids is 1. The van der Waals surface area contributed by atoms with Crippen LogP contribution in [0.5, 0.6) is 0 Å². The van der Waals surface area contributed by atoms with Gasteiger partial charge in [0.25, 0.3) is 0 Å². The van der Waals surface area contributed by atoms with Crippen molar-refractivity contribution in [2.45, 2.75) is 38.8 Å². The molecule has 2 atom stereocenters. The topological polar surface area (TPSA) is 91.6 Å². The van der Waals surface area contributed by atoms with E-state index in [2.05, 4.69) is 10.6 Å². The summed E-state index contributed by atoms with van der Waals surface area (Å²) in [5.74, 6) is -0.412. The first-order valence-corrected chi connectivity index (χ1v) is 5.87. The number of furan rings is 1. The highest BCUT2D eigenvalue weighted by atomic mass is 16.4. The van der Waals surface area contributed by atoms with Crippen LogP contribution in [0.15, 0.2) is 22.8 Å². The molecule has 1 aromatic rings. The average Bonchev–Trinajstić information content (AvgIpc) is 2.81. The Hall–Kier alpha value is -1.98. The molecule has 0 aliphatic rings. The summed E-state index contributed by atoms with van der Waals surface area (Å²) in [6.07, 6.45) is 2.60. The van der Waals surface area contributed by atoms with E-state index in [0.717, 1.165) is 0 Å². The highest BCUT2D eigenvalue weighted by Crippen LogP contribution is 2.11.